The second-order valence-corrected chi connectivity index (χ2v) is 15.3. The van der Waals surface area contributed by atoms with Crippen LogP contribution in [0.2, 0.25) is 0 Å². The molecule has 1 aliphatic rings. The highest BCUT2D eigenvalue weighted by Crippen LogP contribution is 2.41. The van der Waals surface area contributed by atoms with Gasteiger partial charge in [-0.2, -0.15) is 0 Å². The van der Waals surface area contributed by atoms with Crippen molar-refractivity contribution >= 4 is 16.9 Å². The summed E-state index contributed by atoms with van der Waals surface area (Å²) in [5.74, 6) is 0.911. The topological polar surface area (TPSA) is 57.2 Å². The van der Waals surface area contributed by atoms with Crippen LogP contribution < -0.4 is 4.74 Å². The standard InChI is InChI=1S/C49H51NO5/c1-48(2,3)55-47(51)50-32-30-43(45(34-50)53-35-39-29-28-37-16-14-15-23-44(37)46(39)52-4)38-26-24-36(25-27-38)31-33-54-49(40-17-8-5-9-18-40,41-19-10-6-11-20-41)42-21-12-7-13-22-42/h5-29,43,45H,30-35H2,1-4H3. The molecule has 1 saturated heterocycles. The number of benzene rings is 6. The van der Waals surface area contributed by atoms with Crippen LogP contribution >= 0.6 is 0 Å². The van der Waals surface area contributed by atoms with Crippen LogP contribution in [0.4, 0.5) is 4.79 Å². The van der Waals surface area contributed by atoms with E-state index in [0.717, 1.165) is 51.6 Å². The van der Waals surface area contributed by atoms with Gasteiger partial charge < -0.3 is 23.8 Å². The summed E-state index contributed by atoms with van der Waals surface area (Å²) in [7, 11) is 1.70. The molecule has 1 amide bonds. The maximum Gasteiger partial charge on any atom is 0.410 e. The number of carbonyl (C=O) groups excluding carboxylic acids is 1. The third kappa shape index (κ3) is 8.62. The Bertz CT molecular complexity index is 2050. The highest BCUT2D eigenvalue weighted by atomic mass is 16.6. The molecule has 0 spiro atoms. The molecule has 0 radical (unpaired) electrons. The van der Waals surface area contributed by atoms with Crippen molar-refractivity contribution in [3.05, 3.63) is 185 Å². The van der Waals surface area contributed by atoms with E-state index in [1.165, 1.54) is 11.1 Å². The summed E-state index contributed by atoms with van der Waals surface area (Å²) in [6.45, 7) is 7.60. The molecule has 0 N–H and O–H groups in total. The van der Waals surface area contributed by atoms with Crippen LogP contribution in [0.25, 0.3) is 10.8 Å². The number of methoxy groups -OCH3 is 1. The zero-order chi connectivity index (χ0) is 38.3. The van der Waals surface area contributed by atoms with Crippen LogP contribution in [-0.2, 0) is 32.8 Å². The second kappa shape index (κ2) is 16.9. The lowest BCUT2D eigenvalue weighted by Gasteiger charge is -2.39. The number of fused-ring (bicyclic) bond motifs is 1. The monoisotopic (exact) mass is 733 g/mol. The summed E-state index contributed by atoms with van der Waals surface area (Å²) in [6, 6.07) is 52.7. The van der Waals surface area contributed by atoms with Gasteiger partial charge in [-0.1, -0.05) is 152 Å². The van der Waals surface area contributed by atoms with E-state index < -0.39 is 11.2 Å². The van der Waals surface area contributed by atoms with Gasteiger partial charge in [0.25, 0.3) is 0 Å². The van der Waals surface area contributed by atoms with Crippen molar-refractivity contribution in [2.45, 2.75) is 63.4 Å². The zero-order valence-corrected chi connectivity index (χ0v) is 32.3. The van der Waals surface area contributed by atoms with Gasteiger partial charge in [0.05, 0.1) is 33.0 Å². The molecule has 0 aromatic heterocycles. The molecule has 7 rings (SSSR count). The van der Waals surface area contributed by atoms with E-state index in [1.807, 2.05) is 51.1 Å². The molecule has 2 atom stereocenters. The minimum Gasteiger partial charge on any atom is -0.496 e. The van der Waals surface area contributed by atoms with Gasteiger partial charge in [0.2, 0.25) is 0 Å². The number of hydrogen-bond acceptors (Lipinski definition) is 5. The van der Waals surface area contributed by atoms with E-state index in [2.05, 4.69) is 121 Å². The van der Waals surface area contributed by atoms with Crippen LogP contribution in [0.3, 0.4) is 0 Å². The van der Waals surface area contributed by atoms with E-state index in [9.17, 15) is 4.79 Å². The number of carbonyl (C=O) groups is 1. The van der Waals surface area contributed by atoms with Crippen molar-refractivity contribution in [2.75, 3.05) is 26.8 Å². The summed E-state index contributed by atoms with van der Waals surface area (Å²) in [5.41, 5.74) is 5.29. The van der Waals surface area contributed by atoms with Crippen molar-refractivity contribution in [3.8, 4) is 5.75 Å². The Morgan fingerprint density at radius 2 is 1.29 bits per heavy atom. The molecule has 6 aromatic carbocycles. The lowest BCUT2D eigenvalue weighted by Crippen LogP contribution is -2.48. The van der Waals surface area contributed by atoms with Gasteiger partial charge >= 0.3 is 6.09 Å². The van der Waals surface area contributed by atoms with E-state index in [0.29, 0.717) is 26.3 Å². The Morgan fingerprint density at radius 3 is 1.87 bits per heavy atom. The maximum absolute atomic E-state index is 13.2. The minimum atomic E-state index is -0.760. The molecular formula is C49H51NO5. The fourth-order valence-electron chi connectivity index (χ4n) is 7.82. The zero-order valence-electron chi connectivity index (χ0n) is 32.3. The average molecular weight is 734 g/mol. The molecular weight excluding hydrogens is 683 g/mol. The first kappa shape index (κ1) is 37.9. The van der Waals surface area contributed by atoms with Gasteiger partial charge in [0.1, 0.15) is 17.0 Å². The summed E-state index contributed by atoms with van der Waals surface area (Å²) in [5, 5.41) is 2.17. The number of ether oxygens (including phenoxy) is 4. The quantitative estimate of drug-likeness (QED) is 0.117. The van der Waals surface area contributed by atoms with Gasteiger partial charge in [-0.15, -0.1) is 0 Å². The Kier molecular flexibility index (Phi) is 11.7. The summed E-state index contributed by atoms with van der Waals surface area (Å²) in [6.07, 6.45) is 0.952. The molecule has 1 aliphatic heterocycles. The molecule has 6 nitrogen and oxygen atoms in total. The third-order valence-electron chi connectivity index (χ3n) is 10.5. The minimum absolute atomic E-state index is 0.0947. The Balaban J connectivity index is 1.10. The molecule has 2 unspecified atom stereocenters. The van der Waals surface area contributed by atoms with E-state index in [1.54, 1.807) is 12.0 Å². The molecule has 0 saturated carbocycles. The fraction of sp³-hybridized carbons (Fsp3) is 0.286. The molecule has 0 aliphatic carbocycles. The van der Waals surface area contributed by atoms with Gasteiger partial charge in [-0.3, -0.25) is 0 Å². The van der Waals surface area contributed by atoms with Crippen molar-refractivity contribution in [3.63, 3.8) is 0 Å². The Hall–Kier alpha value is -5.43. The van der Waals surface area contributed by atoms with E-state index in [4.69, 9.17) is 18.9 Å². The normalized spacial score (nSPS) is 16.2. The molecule has 1 fully saturated rings. The Labute approximate surface area is 325 Å². The molecule has 55 heavy (non-hydrogen) atoms. The van der Waals surface area contributed by atoms with Crippen molar-refractivity contribution in [2.24, 2.45) is 0 Å². The van der Waals surface area contributed by atoms with Crippen LogP contribution in [0, 0.1) is 0 Å². The van der Waals surface area contributed by atoms with Crippen LogP contribution in [-0.4, -0.2) is 49.5 Å². The Morgan fingerprint density at radius 1 is 0.709 bits per heavy atom. The van der Waals surface area contributed by atoms with Crippen molar-refractivity contribution in [1.29, 1.82) is 0 Å². The lowest BCUT2D eigenvalue weighted by molar-refractivity contribution is -0.0363. The number of piperidine rings is 1. The molecule has 1 heterocycles. The first-order valence-electron chi connectivity index (χ1n) is 19.3. The van der Waals surface area contributed by atoms with Gasteiger partial charge in [0, 0.05) is 23.4 Å². The third-order valence-corrected chi connectivity index (χ3v) is 10.5. The van der Waals surface area contributed by atoms with Crippen molar-refractivity contribution < 1.29 is 23.7 Å². The molecule has 6 heteroatoms. The largest absolute Gasteiger partial charge is 0.496 e. The molecule has 282 valence electrons. The lowest BCUT2D eigenvalue weighted by atomic mass is 9.80. The van der Waals surface area contributed by atoms with Crippen LogP contribution in [0.15, 0.2) is 152 Å². The molecule has 0 bridgehead atoms. The van der Waals surface area contributed by atoms with Crippen LogP contribution in [0.5, 0.6) is 5.75 Å². The van der Waals surface area contributed by atoms with Crippen molar-refractivity contribution in [1.82, 2.24) is 4.90 Å². The van der Waals surface area contributed by atoms with E-state index >= 15 is 0 Å². The van der Waals surface area contributed by atoms with Gasteiger partial charge in [-0.05, 0) is 66.8 Å². The fourth-order valence-corrected chi connectivity index (χ4v) is 7.82. The number of amides is 1. The predicted molar refractivity (Wildman–Crippen MR) is 220 cm³/mol. The summed E-state index contributed by atoms with van der Waals surface area (Å²) in [4.78, 5) is 15.0. The second-order valence-electron chi connectivity index (χ2n) is 15.3. The summed E-state index contributed by atoms with van der Waals surface area (Å²) < 4.78 is 25.5. The highest BCUT2D eigenvalue weighted by molar-refractivity contribution is 5.89. The van der Waals surface area contributed by atoms with Gasteiger partial charge in [0.15, 0.2) is 0 Å². The van der Waals surface area contributed by atoms with E-state index in [-0.39, 0.29) is 18.1 Å². The van der Waals surface area contributed by atoms with Crippen LogP contribution in [0.1, 0.15) is 66.5 Å². The summed E-state index contributed by atoms with van der Waals surface area (Å²) >= 11 is 0. The van der Waals surface area contributed by atoms with Gasteiger partial charge in [-0.25, -0.2) is 4.79 Å². The first-order chi connectivity index (χ1) is 26.7. The molecule has 6 aromatic rings. The number of nitrogens with zero attached hydrogens (tertiary/aromatic N) is 1. The number of rotatable bonds is 12. The average Bonchev–Trinajstić information content (AvgIpc) is 3.22. The highest BCUT2D eigenvalue weighted by Gasteiger charge is 2.38. The first-order valence-corrected chi connectivity index (χ1v) is 19.3. The number of hydrogen-bond donors (Lipinski definition) is 0. The maximum atomic E-state index is 13.2. The number of likely N-dealkylation sites (tertiary alicyclic amines) is 1. The SMILES string of the molecule is COc1c(COC2CN(C(=O)OC(C)(C)C)CCC2c2ccc(CCOC(c3ccccc3)(c3ccccc3)c3ccccc3)cc2)ccc2ccccc12. The predicted octanol–water partition coefficient (Wildman–Crippen LogP) is 10.7. The smallest absolute Gasteiger partial charge is 0.410 e.